The first-order chi connectivity index (χ1) is 14.6. The third-order valence-corrected chi connectivity index (χ3v) is 7.14. The molecule has 0 aromatic heterocycles. The number of primary sulfonamides is 1. The van der Waals surface area contributed by atoms with E-state index in [0.29, 0.717) is 33.1 Å². The van der Waals surface area contributed by atoms with E-state index in [1.165, 1.54) is 47.0 Å². The molecular formula is C19H18Cl2N4O4S2. The minimum Gasteiger partial charge on any atom is -0.326 e. The second kappa shape index (κ2) is 9.58. The van der Waals surface area contributed by atoms with Gasteiger partial charge in [-0.15, -0.1) is 0 Å². The molecule has 3 rings (SSSR count). The molecule has 0 aliphatic carbocycles. The number of hydrogen-bond donors (Lipinski definition) is 2. The van der Waals surface area contributed by atoms with Crippen molar-refractivity contribution in [3.63, 3.8) is 0 Å². The Morgan fingerprint density at radius 3 is 2.45 bits per heavy atom. The number of benzene rings is 2. The minimum atomic E-state index is -3.80. The highest BCUT2D eigenvalue weighted by atomic mass is 35.5. The number of nitrogens with zero attached hydrogens (tertiary/aromatic N) is 2. The quantitative estimate of drug-likeness (QED) is 0.626. The predicted octanol–water partition coefficient (Wildman–Crippen LogP) is 3.62. The monoisotopic (exact) mass is 500 g/mol. The van der Waals surface area contributed by atoms with Crippen molar-refractivity contribution >= 4 is 73.3 Å². The number of amides is 2. The number of carbonyl (C=O) groups excluding carboxylic acids is 2. The van der Waals surface area contributed by atoms with Gasteiger partial charge in [0.25, 0.3) is 0 Å². The predicted molar refractivity (Wildman–Crippen MR) is 123 cm³/mol. The van der Waals surface area contributed by atoms with E-state index in [9.17, 15) is 18.0 Å². The number of halogens is 2. The molecule has 1 aliphatic heterocycles. The Morgan fingerprint density at radius 1 is 1.19 bits per heavy atom. The van der Waals surface area contributed by atoms with E-state index in [1.807, 2.05) is 0 Å². The normalized spacial score (nSPS) is 17.9. The highest BCUT2D eigenvalue weighted by molar-refractivity contribution is 8.15. The van der Waals surface area contributed by atoms with E-state index >= 15 is 0 Å². The van der Waals surface area contributed by atoms with Gasteiger partial charge in [0.1, 0.15) is 5.25 Å². The number of sulfonamides is 1. The standard InChI is InChI=1S/C19H18Cl2N4O4S2/c1-2-25-18(27)16(10-17(26)23-12-5-8-14(20)15(21)9-12)30-19(25)24-11-3-6-13(7-4-11)31(22,28)29/h3-9,16H,2,10H2,1H3,(H,23,26)(H2,22,28,29)/t16-/m0/s1. The van der Waals surface area contributed by atoms with Gasteiger partial charge in [-0.05, 0) is 49.4 Å². The van der Waals surface area contributed by atoms with Crippen molar-refractivity contribution in [2.24, 2.45) is 10.1 Å². The van der Waals surface area contributed by atoms with Crippen molar-refractivity contribution in [1.82, 2.24) is 4.90 Å². The summed E-state index contributed by atoms with van der Waals surface area (Å²) >= 11 is 13.0. The smallest absolute Gasteiger partial charge is 0.242 e. The third kappa shape index (κ3) is 5.78. The largest absolute Gasteiger partial charge is 0.326 e. The van der Waals surface area contributed by atoms with E-state index < -0.39 is 15.3 Å². The van der Waals surface area contributed by atoms with E-state index in [-0.39, 0.29) is 23.1 Å². The van der Waals surface area contributed by atoms with Gasteiger partial charge in [0.15, 0.2) is 5.17 Å². The number of amidine groups is 1. The van der Waals surface area contributed by atoms with Crippen LogP contribution in [0.5, 0.6) is 0 Å². The van der Waals surface area contributed by atoms with Crippen molar-refractivity contribution < 1.29 is 18.0 Å². The Labute approximate surface area is 193 Å². The van der Waals surface area contributed by atoms with Crippen LogP contribution in [0.25, 0.3) is 0 Å². The molecule has 1 saturated heterocycles. The summed E-state index contributed by atoms with van der Waals surface area (Å²) < 4.78 is 22.8. The SMILES string of the molecule is CCN1C(=O)[C@H](CC(=O)Nc2ccc(Cl)c(Cl)c2)SC1=Nc1ccc(S(N)(=O)=O)cc1. The van der Waals surface area contributed by atoms with Gasteiger partial charge in [0.2, 0.25) is 21.8 Å². The Bertz CT molecular complexity index is 1150. The molecule has 0 bridgehead atoms. The maximum absolute atomic E-state index is 12.7. The third-order valence-electron chi connectivity index (χ3n) is 4.30. The summed E-state index contributed by atoms with van der Waals surface area (Å²) in [5.74, 6) is -0.573. The van der Waals surface area contributed by atoms with Gasteiger partial charge >= 0.3 is 0 Å². The van der Waals surface area contributed by atoms with Crippen LogP contribution < -0.4 is 10.5 Å². The fourth-order valence-corrected chi connectivity index (χ4v) is 4.83. The Kier molecular flexibility index (Phi) is 7.28. The number of rotatable bonds is 6. The summed E-state index contributed by atoms with van der Waals surface area (Å²) in [5.41, 5.74) is 0.938. The zero-order valence-corrected chi connectivity index (χ0v) is 19.4. The number of aliphatic imine (C=N–C) groups is 1. The van der Waals surface area contributed by atoms with E-state index in [4.69, 9.17) is 28.3 Å². The maximum atomic E-state index is 12.7. The molecule has 2 amide bonds. The van der Waals surface area contributed by atoms with Gasteiger partial charge in [0.05, 0.1) is 20.6 Å². The first-order valence-electron chi connectivity index (χ1n) is 9.03. The molecule has 0 radical (unpaired) electrons. The zero-order valence-electron chi connectivity index (χ0n) is 16.2. The fourth-order valence-electron chi connectivity index (χ4n) is 2.79. The molecule has 2 aromatic rings. The number of hydrogen-bond acceptors (Lipinski definition) is 6. The highest BCUT2D eigenvalue weighted by Gasteiger charge is 2.38. The molecule has 0 unspecified atom stereocenters. The van der Waals surface area contributed by atoms with Crippen LogP contribution in [0.4, 0.5) is 11.4 Å². The number of anilines is 1. The first-order valence-corrected chi connectivity index (χ1v) is 12.2. The molecule has 1 fully saturated rings. The summed E-state index contributed by atoms with van der Waals surface area (Å²) in [6, 6.07) is 10.4. The summed E-state index contributed by atoms with van der Waals surface area (Å²) in [4.78, 5) is 31.0. The first kappa shape index (κ1) is 23.6. The molecular weight excluding hydrogens is 483 g/mol. The summed E-state index contributed by atoms with van der Waals surface area (Å²) in [6.07, 6.45) is -0.0520. The molecule has 0 saturated carbocycles. The van der Waals surface area contributed by atoms with Crippen LogP contribution in [0.15, 0.2) is 52.4 Å². The minimum absolute atomic E-state index is 0.0317. The molecule has 3 N–H and O–H groups in total. The molecule has 1 heterocycles. The Hall–Kier alpha value is -2.11. The van der Waals surface area contributed by atoms with E-state index in [2.05, 4.69) is 10.3 Å². The average molecular weight is 501 g/mol. The Morgan fingerprint density at radius 2 is 1.87 bits per heavy atom. The lowest BCUT2D eigenvalue weighted by Crippen LogP contribution is -2.33. The number of nitrogens with one attached hydrogen (secondary N) is 1. The molecule has 2 aromatic carbocycles. The van der Waals surface area contributed by atoms with Gasteiger partial charge in [-0.25, -0.2) is 18.5 Å². The van der Waals surface area contributed by atoms with Crippen LogP contribution in [0.3, 0.4) is 0 Å². The van der Waals surface area contributed by atoms with Crippen LogP contribution in [-0.4, -0.2) is 42.1 Å². The van der Waals surface area contributed by atoms with Crippen molar-refractivity contribution in [3.8, 4) is 0 Å². The molecule has 12 heteroatoms. The van der Waals surface area contributed by atoms with Crippen molar-refractivity contribution in [2.75, 3.05) is 11.9 Å². The molecule has 1 aliphatic rings. The maximum Gasteiger partial charge on any atom is 0.242 e. The molecule has 164 valence electrons. The summed E-state index contributed by atoms with van der Waals surface area (Å²) in [6.45, 7) is 2.18. The number of nitrogens with two attached hydrogens (primary N) is 1. The lowest BCUT2D eigenvalue weighted by molar-refractivity contribution is -0.128. The Balaban J connectivity index is 1.72. The summed E-state index contributed by atoms with van der Waals surface area (Å²) in [7, 11) is -3.80. The second-order valence-corrected chi connectivity index (χ2v) is 10.0. The molecule has 31 heavy (non-hydrogen) atoms. The van der Waals surface area contributed by atoms with E-state index in [0.717, 1.165) is 0 Å². The highest BCUT2D eigenvalue weighted by Crippen LogP contribution is 2.32. The number of thioether (sulfide) groups is 1. The number of carbonyl (C=O) groups is 2. The second-order valence-electron chi connectivity index (χ2n) is 6.50. The van der Waals surface area contributed by atoms with E-state index in [1.54, 1.807) is 19.1 Å². The average Bonchev–Trinajstić information content (AvgIpc) is 2.98. The zero-order chi connectivity index (χ0) is 22.8. The van der Waals surface area contributed by atoms with Gasteiger partial charge in [0, 0.05) is 18.7 Å². The van der Waals surface area contributed by atoms with Gasteiger partial charge in [-0.1, -0.05) is 35.0 Å². The van der Waals surface area contributed by atoms with Crippen LogP contribution in [-0.2, 0) is 19.6 Å². The van der Waals surface area contributed by atoms with Crippen molar-refractivity contribution in [1.29, 1.82) is 0 Å². The lowest BCUT2D eigenvalue weighted by atomic mass is 10.2. The topological polar surface area (TPSA) is 122 Å². The van der Waals surface area contributed by atoms with Crippen LogP contribution >= 0.6 is 35.0 Å². The van der Waals surface area contributed by atoms with Crippen molar-refractivity contribution in [3.05, 3.63) is 52.5 Å². The van der Waals surface area contributed by atoms with Crippen LogP contribution in [0.2, 0.25) is 10.0 Å². The van der Waals surface area contributed by atoms with Gasteiger partial charge < -0.3 is 5.32 Å². The molecule has 0 spiro atoms. The molecule has 8 nitrogen and oxygen atoms in total. The van der Waals surface area contributed by atoms with Crippen LogP contribution in [0.1, 0.15) is 13.3 Å². The van der Waals surface area contributed by atoms with Crippen molar-refractivity contribution in [2.45, 2.75) is 23.5 Å². The lowest BCUT2D eigenvalue weighted by Gasteiger charge is -2.13. The summed E-state index contributed by atoms with van der Waals surface area (Å²) in [5, 5.41) is 8.28. The molecule has 1 atom stereocenters. The fraction of sp³-hybridized carbons (Fsp3) is 0.211. The van der Waals surface area contributed by atoms with Gasteiger partial charge in [-0.3, -0.25) is 14.5 Å². The van der Waals surface area contributed by atoms with Crippen LogP contribution in [0, 0.1) is 0 Å². The van der Waals surface area contributed by atoms with Gasteiger partial charge in [-0.2, -0.15) is 0 Å².